The van der Waals surface area contributed by atoms with Gasteiger partial charge in [0, 0.05) is 11.3 Å². The topological polar surface area (TPSA) is 93.3 Å². The zero-order valence-corrected chi connectivity index (χ0v) is 12.1. The number of nitrogens with one attached hydrogen (secondary N) is 2. The number of imidazole rings is 1. The van der Waals surface area contributed by atoms with Crippen molar-refractivity contribution in [1.29, 1.82) is 0 Å². The summed E-state index contributed by atoms with van der Waals surface area (Å²) < 4.78 is 9.16. The Labute approximate surface area is 127 Å². The first-order valence-corrected chi connectivity index (χ1v) is 6.38. The van der Waals surface area contributed by atoms with Crippen molar-refractivity contribution in [1.82, 2.24) is 9.97 Å². The van der Waals surface area contributed by atoms with Gasteiger partial charge in [-0.1, -0.05) is 12.1 Å². The fourth-order valence-electron chi connectivity index (χ4n) is 1.77. The quantitative estimate of drug-likeness (QED) is 0.645. The van der Waals surface area contributed by atoms with Crippen LogP contribution in [0.4, 0.5) is 5.69 Å². The summed E-state index contributed by atoms with van der Waals surface area (Å²) in [6, 6.07) is 7.27. The van der Waals surface area contributed by atoms with Crippen LogP contribution in [0, 0.1) is 0 Å². The summed E-state index contributed by atoms with van der Waals surface area (Å²) in [6.45, 7) is 0. The van der Waals surface area contributed by atoms with Crippen LogP contribution in [0.25, 0.3) is 11.3 Å². The molecule has 0 radical (unpaired) electrons. The van der Waals surface area contributed by atoms with Crippen LogP contribution < -0.4 is 5.32 Å². The molecule has 0 atom stereocenters. The highest BCUT2D eigenvalue weighted by molar-refractivity contribution is 5.98. The van der Waals surface area contributed by atoms with E-state index in [1.54, 1.807) is 18.6 Å². The Bertz CT molecular complexity index is 693. The maximum absolute atomic E-state index is 11.7. The average Bonchev–Trinajstić information content (AvgIpc) is 3.08. The molecule has 7 heteroatoms. The maximum atomic E-state index is 11.7. The molecule has 0 bridgehead atoms. The number of benzene rings is 1. The van der Waals surface area contributed by atoms with E-state index in [-0.39, 0.29) is 5.70 Å². The van der Waals surface area contributed by atoms with Crippen LogP contribution in [-0.2, 0) is 19.1 Å². The van der Waals surface area contributed by atoms with E-state index in [0.717, 1.165) is 17.3 Å². The van der Waals surface area contributed by atoms with Crippen molar-refractivity contribution in [3.05, 3.63) is 48.6 Å². The number of hydrogen-bond donors (Lipinski definition) is 2. The molecule has 0 saturated heterocycles. The molecule has 0 aliphatic carbocycles. The van der Waals surface area contributed by atoms with Crippen LogP contribution >= 0.6 is 0 Å². The van der Waals surface area contributed by atoms with E-state index in [2.05, 4.69) is 24.8 Å². The number of esters is 2. The molecule has 0 aliphatic rings. The summed E-state index contributed by atoms with van der Waals surface area (Å²) in [5.74, 6) is -1.32. The van der Waals surface area contributed by atoms with Crippen LogP contribution in [0.1, 0.15) is 0 Å². The van der Waals surface area contributed by atoms with Gasteiger partial charge < -0.3 is 19.8 Å². The smallest absolute Gasteiger partial charge is 0.354 e. The summed E-state index contributed by atoms with van der Waals surface area (Å²) in [4.78, 5) is 30.0. The molecule has 0 saturated carbocycles. The van der Waals surface area contributed by atoms with E-state index in [9.17, 15) is 9.59 Å². The third kappa shape index (κ3) is 3.72. The molecule has 0 spiro atoms. The molecule has 2 N–H and O–H groups in total. The van der Waals surface area contributed by atoms with E-state index in [4.69, 9.17) is 0 Å². The molecule has 1 heterocycles. The van der Waals surface area contributed by atoms with Gasteiger partial charge in [0.05, 0.1) is 38.5 Å². The predicted molar refractivity (Wildman–Crippen MR) is 79.8 cm³/mol. The molecule has 0 amide bonds. The number of carbonyl (C=O) groups is 2. The second kappa shape index (κ2) is 7.07. The van der Waals surface area contributed by atoms with Crippen molar-refractivity contribution < 1.29 is 19.1 Å². The maximum Gasteiger partial charge on any atom is 0.354 e. The fraction of sp³-hybridized carbons (Fsp3) is 0.133. The van der Waals surface area contributed by atoms with Gasteiger partial charge in [0.1, 0.15) is 5.70 Å². The molecule has 2 aromatic rings. The van der Waals surface area contributed by atoms with Gasteiger partial charge in [-0.05, 0) is 12.1 Å². The molecular weight excluding hydrogens is 286 g/mol. The minimum atomic E-state index is -0.669. The number of hydrogen-bond acceptors (Lipinski definition) is 6. The fourth-order valence-corrected chi connectivity index (χ4v) is 1.77. The lowest BCUT2D eigenvalue weighted by atomic mass is 10.1. The largest absolute Gasteiger partial charge is 0.466 e. The van der Waals surface area contributed by atoms with E-state index in [1.165, 1.54) is 14.2 Å². The molecule has 0 fully saturated rings. The second-order valence-electron chi connectivity index (χ2n) is 4.24. The molecule has 0 unspecified atom stereocenters. The first-order valence-electron chi connectivity index (χ1n) is 6.38. The van der Waals surface area contributed by atoms with Gasteiger partial charge >= 0.3 is 11.9 Å². The number of aromatic nitrogens is 2. The van der Waals surface area contributed by atoms with E-state index in [1.807, 2.05) is 18.2 Å². The summed E-state index contributed by atoms with van der Waals surface area (Å²) in [7, 11) is 2.46. The number of H-pyrrole nitrogens is 1. The molecule has 1 aromatic carbocycles. The van der Waals surface area contributed by atoms with E-state index in [0.29, 0.717) is 5.69 Å². The lowest BCUT2D eigenvalue weighted by Crippen LogP contribution is -2.15. The van der Waals surface area contributed by atoms with Crippen LogP contribution in [0.2, 0.25) is 0 Å². The van der Waals surface area contributed by atoms with Gasteiger partial charge in [0.2, 0.25) is 0 Å². The zero-order chi connectivity index (χ0) is 15.9. The third-order valence-corrected chi connectivity index (χ3v) is 2.82. The number of rotatable bonds is 5. The van der Waals surface area contributed by atoms with Crippen molar-refractivity contribution in [3.63, 3.8) is 0 Å². The van der Waals surface area contributed by atoms with Gasteiger partial charge in [-0.25, -0.2) is 14.6 Å². The van der Waals surface area contributed by atoms with Crippen molar-refractivity contribution in [2.75, 3.05) is 19.5 Å². The van der Waals surface area contributed by atoms with Gasteiger partial charge in [-0.15, -0.1) is 0 Å². The van der Waals surface area contributed by atoms with Crippen molar-refractivity contribution in [3.8, 4) is 11.3 Å². The summed E-state index contributed by atoms with van der Waals surface area (Å²) in [6.07, 6.45) is 4.30. The lowest BCUT2D eigenvalue weighted by molar-refractivity contribution is -0.138. The number of nitrogens with zero attached hydrogens (tertiary/aromatic N) is 1. The minimum Gasteiger partial charge on any atom is -0.466 e. The molecule has 1 aromatic heterocycles. The highest BCUT2D eigenvalue weighted by Gasteiger charge is 2.13. The van der Waals surface area contributed by atoms with Gasteiger partial charge in [-0.2, -0.15) is 0 Å². The van der Waals surface area contributed by atoms with Gasteiger partial charge in [-0.3, -0.25) is 0 Å². The minimum absolute atomic E-state index is 0.0175. The summed E-state index contributed by atoms with van der Waals surface area (Å²) in [5, 5.41) is 2.85. The van der Waals surface area contributed by atoms with Crippen molar-refractivity contribution in [2.24, 2.45) is 0 Å². The Morgan fingerprint density at radius 2 is 2.09 bits per heavy atom. The molecule has 0 aliphatic heterocycles. The average molecular weight is 301 g/mol. The van der Waals surface area contributed by atoms with Crippen LogP contribution in [0.5, 0.6) is 0 Å². The molecular formula is C15H15N3O4. The number of aromatic amines is 1. The number of anilines is 1. The van der Waals surface area contributed by atoms with Crippen LogP contribution in [-0.4, -0.2) is 36.1 Å². The van der Waals surface area contributed by atoms with Crippen molar-refractivity contribution >= 4 is 17.6 Å². The van der Waals surface area contributed by atoms with Gasteiger partial charge in [0.25, 0.3) is 0 Å². The van der Waals surface area contributed by atoms with E-state index >= 15 is 0 Å². The predicted octanol–water partition coefficient (Wildman–Crippen LogP) is 1.72. The molecule has 7 nitrogen and oxygen atoms in total. The lowest BCUT2D eigenvalue weighted by Gasteiger charge is -2.10. The first-order chi connectivity index (χ1) is 10.6. The number of methoxy groups -OCH3 is 2. The monoisotopic (exact) mass is 301 g/mol. The molecule has 2 rings (SSSR count). The molecule has 22 heavy (non-hydrogen) atoms. The van der Waals surface area contributed by atoms with Crippen molar-refractivity contribution in [2.45, 2.75) is 0 Å². The Morgan fingerprint density at radius 1 is 1.27 bits per heavy atom. The Hall–Kier alpha value is -3.09. The standard InChI is InChI=1S/C15H15N3O4/c1-21-14(19)7-12(15(20)22-2)18-11-5-3-4-10(6-11)13-8-16-9-17-13/h3-9,18H,1-2H3,(H,16,17)/b12-7+. The Kier molecular flexibility index (Phi) is 4.92. The SMILES string of the molecule is COC(=O)/C=C(/Nc1cccc(-c2cnc[nH]2)c1)C(=O)OC. The third-order valence-electron chi connectivity index (χ3n) is 2.82. The van der Waals surface area contributed by atoms with E-state index < -0.39 is 11.9 Å². The number of carbonyl (C=O) groups excluding carboxylic acids is 2. The summed E-state index contributed by atoms with van der Waals surface area (Å²) >= 11 is 0. The molecule has 114 valence electrons. The normalized spacial score (nSPS) is 10.9. The highest BCUT2D eigenvalue weighted by atomic mass is 16.5. The Morgan fingerprint density at radius 3 is 2.73 bits per heavy atom. The van der Waals surface area contributed by atoms with Crippen LogP contribution in [0.3, 0.4) is 0 Å². The van der Waals surface area contributed by atoms with Gasteiger partial charge in [0.15, 0.2) is 0 Å². The Balaban J connectivity index is 2.27. The highest BCUT2D eigenvalue weighted by Crippen LogP contribution is 2.21. The second-order valence-corrected chi connectivity index (χ2v) is 4.24. The number of ether oxygens (including phenoxy) is 2. The summed E-state index contributed by atoms with van der Waals surface area (Å²) in [5.41, 5.74) is 2.31. The first kappa shape index (κ1) is 15.3. The zero-order valence-electron chi connectivity index (χ0n) is 12.1. The van der Waals surface area contributed by atoms with Crippen LogP contribution in [0.15, 0.2) is 48.6 Å².